The predicted octanol–water partition coefficient (Wildman–Crippen LogP) is -2.78. The van der Waals surface area contributed by atoms with Crippen molar-refractivity contribution in [1.82, 2.24) is 0 Å². The maximum absolute atomic E-state index is 9.62. The van der Waals surface area contributed by atoms with E-state index in [1.165, 1.54) is 13.8 Å². The largest absolute Gasteiger partial charge is 0.391 e. The maximum Gasteiger partial charge on any atom is 0.111 e. The molecule has 0 bridgehead atoms. The van der Waals surface area contributed by atoms with E-state index in [4.69, 9.17) is 19.7 Å². The molecule has 0 aliphatic heterocycles. The Bertz CT molecular complexity index is 211. The highest BCUT2D eigenvalue weighted by Gasteiger charge is 2.30. The number of hydrogen-bond donors (Lipinski definition) is 6. The van der Waals surface area contributed by atoms with Gasteiger partial charge in [0.2, 0.25) is 0 Å². The van der Waals surface area contributed by atoms with Crippen molar-refractivity contribution in [2.75, 3.05) is 26.4 Å². The summed E-state index contributed by atoms with van der Waals surface area (Å²) in [6.45, 7) is 2.40. The summed E-state index contributed by atoms with van der Waals surface area (Å²) in [4.78, 5) is 0. The number of rotatable bonds is 11. The van der Waals surface area contributed by atoms with Crippen molar-refractivity contribution < 1.29 is 40.1 Å². The van der Waals surface area contributed by atoms with Crippen molar-refractivity contribution in [2.24, 2.45) is 0 Å². The molecular formula is C12H26O8. The quantitative estimate of drug-likeness (QED) is 0.241. The summed E-state index contributed by atoms with van der Waals surface area (Å²) < 4.78 is 9.81. The number of hydrogen-bond acceptors (Lipinski definition) is 8. The van der Waals surface area contributed by atoms with E-state index in [0.717, 1.165) is 0 Å². The molecule has 0 fully saturated rings. The van der Waals surface area contributed by atoms with Crippen molar-refractivity contribution >= 4 is 0 Å². The molecule has 20 heavy (non-hydrogen) atoms. The number of aliphatic hydroxyl groups is 6. The Morgan fingerprint density at radius 2 is 0.900 bits per heavy atom. The molecule has 0 aliphatic rings. The van der Waals surface area contributed by atoms with E-state index in [9.17, 15) is 20.4 Å². The lowest BCUT2D eigenvalue weighted by molar-refractivity contribution is -0.138. The summed E-state index contributed by atoms with van der Waals surface area (Å²) in [7, 11) is 0. The molecule has 0 aromatic heterocycles. The Morgan fingerprint density at radius 3 is 1.15 bits per heavy atom. The van der Waals surface area contributed by atoms with E-state index in [0.29, 0.717) is 0 Å². The van der Waals surface area contributed by atoms with Crippen LogP contribution in [-0.4, -0.2) is 93.7 Å². The van der Waals surface area contributed by atoms with Gasteiger partial charge in [-0.2, -0.15) is 0 Å². The third kappa shape index (κ3) is 8.77. The summed E-state index contributed by atoms with van der Waals surface area (Å²) in [6.07, 6.45) is -7.46. The van der Waals surface area contributed by atoms with Crippen molar-refractivity contribution in [3.63, 3.8) is 0 Å². The summed E-state index contributed by atoms with van der Waals surface area (Å²) in [5.74, 6) is 0. The van der Waals surface area contributed by atoms with E-state index in [2.05, 4.69) is 0 Å². The average molecular weight is 298 g/mol. The Morgan fingerprint density at radius 1 is 0.600 bits per heavy atom. The van der Waals surface area contributed by atoms with Gasteiger partial charge in [-0.25, -0.2) is 0 Å². The predicted molar refractivity (Wildman–Crippen MR) is 69.0 cm³/mol. The lowest BCUT2D eigenvalue weighted by Crippen LogP contribution is -2.47. The lowest BCUT2D eigenvalue weighted by Gasteiger charge is -2.26. The molecule has 0 aliphatic carbocycles. The minimum absolute atomic E-state index is 0.0140. The van der Waals surface area contributed by atoms with Gasteiger partial charge in [0.05, 0.1) is 38.6 Å². The van der Waals surface area contributed by atoms with Crippen molar-refractivity contribution in [3.05, 3.63) is 0 Å². The zero-order chi connectivity index (χ0) is 15.7. The highest BCUT2D eigenvalue weighted by molar-refractivity contribution is 4.80. The first-order chi connectivity index (χ1) is 9.25. The standard InChI is InChI=1S/C12H26O8/c1-7(13)3-19-5-9(15)11(17)12(18)10(16)6-20-4-8(2)14/h7-18H,3-6H2,1-2H3. The molecule has 0 rings (SSSR count). The van der Waals surface area contributed by atoms with Crippen LogP contribution in [0.2, 0.25) is 0 Å². The Kier molecular flexibility index (Phi) is 10.2. The smallest absolute Gasteiger partial charge is 0.111 e. The highest BCUT2D eigenvalue weighted by Crippen LogP contribution is 2.07. The molecule has 122 valence electrons. The van der Waals surface area contributed by atoms with E-state index in [1.54, 1.807) is 0 Å². The topological polar surface area (TPSA) is 140 Å². The fraction of sp³-hybridized carbons (Fsp3) is 1.00. The number of ether oxygens (including phenoxy) is 2. The van der Waals surface area contributed by atoms with Gasteiger partial charge in [-0.05, 0) is 13.8 Å². The van der Waals surface area contributed by atoms with Crippen LogP contribution in [0.1, 0.15) is 13.8 Å². The third-order valence-electron chi connectivity index (χ3n) is 2.43. The molecule has 6 atom stereocenters. The fourth-order valence-electron chi connectivity index (χ4n) is 1.37. The van der Waals surface area contributed by atoms with Crippen LogP contribution < -0.4 is 0 Å². The second-order valence-corrected chi connectivity index (χ2v) is 4.89. The summed E-state index contributed by atoms with van der Waals surface area (Å²) >= 11 is 0. The van der Waals surface area contributed by atoms with Gasteiger partial charge in [0.15, 0.2) is 0 Å². The Balaban J connectivity index is 4.00. The molecule has 0 spiro atoms. The van der Waals surface area contributed by atoms with Gasteiger partial charge in [-0.15, -0.1) is 0 Å². The molecule has 6 unspecified atom stereocenters. The average Bonchev–Trinajstić information content (AvgIpc) is 2.35. The zero-order valence-electron chi connectivity index (χ0n) is 11.8. The molecule has 6 N–H and O–H groups in total. The third-order valence-corrected chi connectivity index (χ3v) is 2.43. The minimum Gasteiger partial charge on any atom is -0.391 e. The fourth-order valence-corrected chi connectivity index (χ4v) is 1.37. The van der Waals surface area contributed by atoms with E-state index < -0.39 is 36.6 Å². The van der Waals surface area contributed by atoms with Crippen LogP contribution in [0.5, 0.6) is 0 Å². The lowest BCUT2D eigenvalue weighted by atomic mass is 10.0. The van der Waals surface area contributed by atoms with E-state index >= 15 is 0 Å². The van der Waals surface area contributed by atoms with E-state index in [1.807, 2.05) is 0 Å². The van der Waals surface area contributed by atoms with Crippen molar-refractivity contribution in [2.45, 2.75) is 50.5 Å². The first-order valence-corrected chi connectivity index (χ1v) is 6.49. The highest BCUT2D eigenvalue weighted by atomic mass is 16.5. The van der Waals surface area contributed by atoms with Crippen LogP contribution in [0.25, 0.3) is 0 Å². The molecule has 8 nitrogen and oxygen atoms in total. The SMILES string of the molecule is CC(O)COCC(O)C(O)C(O)C(O)COCC(C)O. The second kappa shape index (κ2) is 10.4. The molecule has 0 aromatic carbocycles. The normalized spacial score (nSPS) is 21.0. The first-order valence-electron chi connectivity index (χ1n) is 6.49. The van der Waals surface area contributed by atoms with Gasteiger partial charge >= 0.3 is 0 Å². The summed E-state index contributed by atoms with van der Waals surface area (Å²) in [6, 6.07) is 0. The van der Waals surface area contributed by atoms with Crippen molar-refractivity contribution in [1.29, 1.82) is 0 Å². The van der Waals surface area contributed by atoms with Crippen LogP contribution in [0.4, 0.5) is 0 Å². The zero-order valence-corrected chi connectivity index (χ0v) is 11.8. The summed E-state index contributed by atoms with van der Waals surface area (Å²) in [5, 5.41) is 56.3. The molecular weight excluding hydrogens is 272 g/mol. The molecule has 0 saturated carbocycles. The molecule has 8 heteroatoms. The molecule has 0 aromatic rings. The molecule has 0 saturated heterocycles. The van der Waals surface area contributed by atoms with Gasteiger partial charge in [-0.1, -0.05) is 0 Å². The summed E-state index contributed by atoms with van der Waals surface area (Å²) in [5.41, 5.74) is 0. The van der Waals surface area contributed by atoms with Crippen LogP contribution >= 0.6 is 0 Å². The van der Waals surface area contributed by atoms with Crippen LogP contribution in [0.15, 0.2) is 0 Å². The van der Waals surface area contributed by atoms with Gasteiger partial charge < -0.3 is 40.1 Å². The minimum atomic E-state index is -1.62. The van der Waals surface area contributed by atoms with Gasteiger partial charge in [-0.3, -0.25) is 0 Å². The van der Waals surface area contributed by atoms with Crippen LogP contribution in [0.3, 0.4) is 0 Å². The van der Waals surface area contributed by atoms with Crippen LogP contribution in [-0.2, 0) is 9.47 Å². The first kappa shape index (κ1) is 19.7. The number of aliphatic hydroxyl groups excluding tert-OH is 6. The molecule has 0 radical (unpaired) electrons. The molecule has 0 heterocycles. The maximum atomic E-state index is 9.62. The van der Waals surface area contributed by atoms with Gasteiger partial charge in [0.25, 0.3) is 0 Å². The second-order valence-electron chi connectivity index (χ2n) is 4.89. The van der Waals surface area contributed by atoms with E-state index in [-0.39, 0.29) is 26.4 Å². The van der Waals surface area contributed by atoms with Gasteiger partial charge in [0, 0.05) is 0 Å². The monoisotopic (exact) mass is 298 g/mol. The van der Waals surface area contributed by atoms with Gasteiger partial charge in [0.1, 0.15) is 24.4 Å². The Labute approximate surface area is 118 Å². The van der Waals surface area contributed by atoms with Crippen molar-refractivity contribution in [3.8, 4) is 0 Å². The Hall–Kier alpha value is -0.320. The molecule has 0 amide bonds. The van der Waals surface area contributed by atoms with Crippen LogP contribution in [0, 0.1) is 0 Å².